The first kappa shape index (κ1) is 11.9. The Morgan fingerprint density at radius 3 is 2.75 bits per heavy atom. The van der Waals surface area contributed by atoms with Crippen molar-refractivity contribution in [2.75, 3.05) is 0 Å². The van der Waals surface area contributed by atoms with Gasteiger partial charge in [0.25, 0.3) is 0 Å². The lowest BCUT2D eigenvalue weighted by molar-refractivity contribution is 0.220. The Morgan fingerprint density at radius 1 is 1.38 bits per heavy atom. The van der Waals surface area contributed by atoms with E-state index in [1.807, 2.05) is 18.5 Å². The van der Waals surface area contributed by atoms with Crippen LogP contribution in [0.25, 0.3) is 0 Å². The largest absolute Gasteiger partial charge is 0.264 e. The van der Waals surface area contributed by atoms with Gasteiger partial charge in [0.15, 0.2) is 0 Å². The average Bonchev–Trinajstić information content (AvgIpc) is 2.29. The van der Waals surface area contributed by atoms with E-state index in [-0.39, 0.29) is 0 Å². The topological polar surface area (TPSA) is 24.9 Å². The highest BCUT2D eigenvalue weighted by molar-refractivity contribution is 7.97. The second kappa shape index (κ2) is 5.19. The zero-order valence-corrected chi connectivity index (χ0v) is 10.9. The minimum absolute atomic E-state index is 0.553. The van der Waals surface area contributed by atoms with Crippen molar-refractivity contribution in [3.63, 3.8) is 0 Å². The summed E-state index contributed by atoms with van der Waals surface area (Å²) in [5.74, 6) is 0. The van der Waals surface area contributed by atoms with Crippen molar-refractivity contribution < 1.29 is 0 Å². The summed E-state index contributed by atoms with van der Waals surface area (Å²) in [6.07, 6.45) is 8.97. The van der Waals surface area contributed by atoms with Crippen molar-refractivity contribution in [3.8, 4) is 0 Å². The van der Waals surface area contributed by atoms with E-state index < -0.39 is 0 Å². The Bertz CT molecular complexity index is 314. The molecule has 2 rings (SSSR count). The van der Waals surface area contributed by atoms with Gasteiger partial charge < -0.3 is 0 Å². The van der Waals surface area contributed by atoms with Crippen LogP contribution >= 0.6 is 11.9 Å². The average molecular weight is 236 g/mol. The van der Waals surface area contributed by atoms with Crippen LogP contribution in [0.15, 0.2) is 29.4 Å². The van der Waals surface area contributed by atoms with Crippen LogP contribution in [0.4, 0.5) is 0 Å². The number of aromatic nitrogens is 1. The molecule has 3 heteroatoms. The molecule has 0 spiro atoms. The predicted octanol–water partition coefficient (Wildman–Crippen LogP) is 3.65. The van der Waals surface area contributed by atoms with E-state index in [2.05, 4.69) is 29.6 Å². The van der Waals surface area contributed by atoms with E-state index in [1.54, 1.807) is 11.9 Å². The molecule has 1 aliphatic carbocycles. The van der Waals surface area contributed by atoms with E-state index in [0.717, 1.165) is 0 Å². The van der Waals surface area contributed by atoms with E-state index in [0.29, 0.717) is 11.5 Å². The number of rotatable bonds is 3. The Labute approximate surface area is 102 Å². The fourth-order valence-electron chi connectivity index (χ4n) is 2.08. The zero-order chi connectivity index (χ0) is 11.4. The maximum atomic E-state index is 4.11. The second-order valence-corrected chi connectivity index (χ2v) is 6.26. The molecule has 1 aliphatic rings. The first-order chi connectivity index (χ1) is 7.66. The molecule has 16 heavy (non-hydrogen) atoms. The number of hydrogen-bond acceptors (Lipinski definition) is 3. The molecular weight excluding hydrogens is 216 g/mol. The number of hydrogen-bond donors (Lipinski definition) is 1. The Balaban J connectivity index is 1.76. The van der Waals surface area contributed by atoms with Crippen LogP contribution in [-0.4, -0.2) is 11.0 Å². The molecule has 1 heterocycles. The van der Waals surface area contributed by atoms with E-state index in [4.69, 9.17) is 0 Å². The van der Waals surface area contributed by atoms with Crippen molar-refractivity contribution in [1.82, 2.24) is 9.71 Å². The van der Waals surface area contributed by atoms with Crippen LogP contribution < -0.4 is 4.72 Å². The molecule has 1 aromatic rings. The molecule has 1 aromatic heterocycles. The van der Waals surface area contributed by atoms with E-state index in [9.17, 15) is 0 Å². The molecule has 88 valence electrons. The molecule has 0 amide bonds. The van der Waals surface area contributed by atoms with Crippen molar-refractivity contribution in [2.45, 2.75) is 50.5 Å². The highest BCUT2D eigenvalue weighted by atomic mass is 32.2. The molecular formula is C13H20N2S. The minimum Gasteiger partial charge on any atom is -0.264 e. The van der Waals surface area contributed by atoms with Crippen molar-refractivity contribution >= 4 is 11.9 Å². The molecule has 1 fully saturated rings. The number of pyridine rings is 1. The van der Waals surface area contributed by atoms with Crippen LogP contribution in [0, 0.1) is 5.41 Å². The van der Waals surface area contributed by atoms with Crippen LogP contribution in [0.1, 0.15) is 39.5 Å². The van der Waals surface area contributed by atoms with Gasteiger partial charge in [0.2, 0.25) is 0 Å². The lowest BCUT2D eigenvalue weighted by Crippen LogP contribution is -2.31. The SMILES string of the molecule is CC1(C)CCC(NSc2cccnc2)CC1. The third-order valence-corrected chi connectivity index (χ3v) is 4.25. The summed E-state index contributed by atoms with van der Waals surface area (Å²) >= 11 is 1.71. The highest BCUT2D eigenvalue weighted by Crippen LogP contribution is 2.35. The summed E-state index contributed by atoms with van der Waals surface area (Å²) in [7, 11) is 0. The Kier molecular flexibility index (Phi) is 3.87. The van der Waals surface area contributed by atoms with Crippen molar-refractivity contribution in [3.05, 3.63) is 24.5 Å². The lowest BCUT2D eigenvalue weighted by atomic mass is 9.76. The van der Waals surface area contributed by atoms with Crippen LogP contribution in [0.5, 0.6) is 0 Å². The second-order valence-electron chi connectivity index (χ2n) is 5.35. The van der Waals surface area contributed by atoms with Gasteiger partial charge in [-0.2, -0.15) is 0 Å². The molecule has 1 saturated carbocycles. The molecule has 0 atom stereocenters. The van der Waals surface area contributed by atoms with Gasteiger partial charge >= 0.3 is 0 Å². The quantitative estimate of drug-likeness (QED) is 0.811. The third-order valence-electron chi connectivity index (χ3n) is 3.32. The van der Waals surface area contributed by atoms with Gasteiger partial charge in [0, 0.05) is 23.3 Å². The van der Waals surface area contributed by atoms with E-state index >= 15 is 0 Å². The zero-order valence-electron chi connectivity index (χ0n) is 10.1. The molecule has 0 bridgehead atoms. The number of nitrogens with zero attached hydrogens (tertiary/aromatic N) is 1. The van der Waals surface area contributed by atoms with Crippen LogP contribution in [-0.2, 0) is 0 Å². The molecule has 0 aliphatic heterocycles. The normalized spacial score (nSPS) is 20.9. The maximum absolute atomic E-state index is 4.11. The number of nitrogens with one attached hydrogen (secondary N) is 1. The standard InChI is InChI=1S/C13H20N2S/c1-13(2)7-5-11(6-8-13)15-16-12-4-3-9-14-10-12/h3-4,9-11,15H,5-8H2,1-2H3. The summed E-state index contributed by atoms with van der Waals surface area (Å²) in [6, 6.07) is 4.74. The van der Waals surface area contributed by atoms with Gasteiger partial charge in [0.05, 0.1) is 0 Å². The van der Waals surface area contributed by atoms with E-state index in [1.165, 1.54) is 30.6 Å². The summed E-state index contributed by atoms with van der Waals surface area (Å²) < 4.78 is 3.55. The van der Waals surface area contributed by atoms with Gasteiger partial charge in [-0.1, -0.05) is 13.8 Å². The minimum atomic E-state index is 0.553. The maximum Gasteiger partial charge on any atom is 0.0417 e. The van der Waals surface area contributed by atoms with Gasteiger partial charge in [-0.05, 0) is 55.2 Å². The fraction of sp³-hybridized carbons (Fsp3) is 0.615. The molecule has 0 unspecified atom stereocenters. The molecule has 0 saturated heterocycles. The highest BCUT2D eigenvalue weighted by Gasteiger charge is 2.26. The van der Waals surface area contributed by atoms with Crippen molar-refractivity contribution in [1.29, 1.82) is 0 Å². The lowest BCUT2D eigenvalue weighted by Gasteiger charge is -2.34. The molecule has 2 nitrogen and oxygen atoms in total. The third kappa shape index (κ3) is 3.49. The summed E-state index contributed by atoms with van der Waals surface area (Å²) in [6.45, 7) is 4.74. The summed E-state index contributed by atoms with van der Waals surface area (Å²) in [5.41, 5.74) is 0.553. The fourth-order valence-corrected chi connectivity index (χ4v) is 2.87. The molecule has 0 radical (unpaired) electrons. The molecule has 0 aromatic carbocycles. The Morgan fingerprint density at radius 2 is 2.12 bits per heavy atom. The first-order valence-electron chi connectivity index (χ1n) is 5.98. The van der Waals surface area contributed by atoms with Gasteiger partial charge in [-0.15, -0.1) is 0 Å². The monoisotopic (exact) mass is 236 g/mol. The van der Waals surface area contributed by atoms with Crippen molar-refractivity contribution in [2.24, 2.45) is 5.41 Å². The predicted molar refractivity (Wildman–Crippen MR) is 69.3 cm³/mol. The Hall–Kier alpha value is -0.540. The molecule has 1 N–H and O–H groups in total. The smallest absolute Gasteiger partial charge is 0.0417 e. The van der Waals surface area contributed by atoms with Crippen LogP contribution in [0.2, 0.25) is 0 Å². The first-order valence-corrected chi connectivity index (χ1v) is 6.80. The van der Waals surface area contributed by atoms with Crippen LogP contribution in [0.3, 0.4) is 0 Å². The summed E-state index contributed by atoms with van der Waals surface area (Å²) in [5, 5.41) is 0. The van der Waals surface area contributed by atoms with Gasteiger partial charge in [-0.3, -0.25) is 9.71 Å². The summed E-state index contributed by atoms with van der Waals surface area (Å²) in [4.78, 5) is 5.31. The van der Waals surface area contributed by atoms with Gasteiger partial charge in [-0.25, -0.2) is 0 Å². The van der Waals surface area contributed by atoms with Gasteiger partial charge in [0.1, 0.15) is 0 Å².